The Balaban J connectivity index is 0.00000361. The maximum Gasteiger partial charge on any atom is 0.220 e. The zero-order chi connectivity index (χ0) is 14.1. The Labute approximate surface area is 125 Å². The van der Waals surface area contributed by atoms with Gasteiger partial charge in [0.05, 0.1) is 6.54 Å². The van der Waals surface area contributed by atoms with Crippen molar-refractivity contribution >= 4 is 18.3 Å². The maximum absolute atomic E-state index is 13.3. The lowest BCUT2D eigenvalue weighted by Gasteiger charge is -2.15. The summed E-state index contributed by atoms with van der Waals surface area (Å²) in [6, 6.07) is 6.23. The van der Waals surface area contributed by atoms with E-state index < -0.39 is 5.82 Å². The Morgan fingerprint density at radius 2 is 2.10 bits per heavy atom. The second-order valence-corrected chi connectivity index (χ2v) is 4.37. The van der Waals surface area contributed by atoms with E-state index in [4.69, 9.17) is 4.74 Å². The molecule has 0 aromatic heterocycles. The summed E-state index contributed by atoms with van der Waals surface area (Å²) in [6.07, 6.45) is 1.00. The van der Waals surface area contributed by atoms with Crippen LogP contribution in [0.15, 0.2) is 24.3 Å². The standard InChI is InChI=1S/C14H21FN2O2.ClH/c1-11(10-17-14(18)8-5-9-16-2)19-13-7-4-3-6-12(13)15;/h3-4,6-7,11,16H,5,8-10H2,1-2H3,(H,17,18);1H. The summed E-state index contributed by atoms with van der Waals surface area (Å²) < 4.78 is 18.8. The van der Waals surface area contributed by atoms with E-state index in [0.717, 1.165) is 13.0 Å². The monoisotopic (exact) mass is 304 g/mol. The van der Waals surface area contributed by atoms with Crippen LogP contribution in [0.5, 0.6) is 5.75 Å². The first-order chi connectivity index (χ1) is 9.13. The number of rotatable bonds is 8. The maximum atomic E-state index is 13.3. The van der Waals surface area contributed by atoms with Gasteiger partial charge in [-0.15, -0.1) is 12.4 Å². The summed E-state index contributed by atoms with van der Waals surface area (Å²) in [5, 5.41) is 5.75. The molecule has 0 spiro atoms. The SMILES string of the molecule is CNCCCC(=O)NCC(C)Oc1ccccc1F.Cl. The normalized spacial score (nSPS) is 11.3. The minimum Gasteiger partial charge on any atom is -0.486 e. The van der Waals surface area contributed by atoms with Gasteiger partial charge >= 0.3 is 0 Å². The van der Waals surface area contributed by atoms with E-state index in [1.54, 1.807) is 25.1 Å². The predicted molar refractivity (Wildman–Crippen MR) is 79.9 cm³/mol. The largest absolute Gasteiger partial charge is 0.486 e. The molecule has 0 aliphatic heterocycles. The molecule has 2 N–H and O–H groups in total. The van der Waals surface area contributed by atoms with Crippen molar-refractivity contribution in [3.63, 3.8) is 0 Å². The smallest absolute Gasteiger partial charge is 0.220 e. The van der Waals surface area contributed by atoms with E-state index in [1.165, 1.54) is 6.07 Å². The zero-order valence-corrected chi connectivity index (χ0v) is 12.6. The van der Waals surface area contributed by atoms with Gasteiger partial charge in [0.2, 0.25) is 5.91 Å². The fraction of sp³-hybridized carbons (Fsp3) is 0.500. The van der Waals surface area contributed by atoms with Crippen molar-refractivity contribution in [2.24, 2.45) is 0 Å². The van der Waals surface area contributed by atoms with Crippen LogP contribution in [0.2, 0.25) is 0 Å². The molecular formula is C14H22ClFN2O2. The number of para-hydroxylation sites is 1. The molecule has 1 aromatic rings. The number of carbonyl (C=O) groups excluding carboxylic acids is 1. The third kappa shape index (κ3) is 7.31. The lowest BCUT2D eigenvalue weighted by atomic mass is 10.3. The zero-order valence-electron chi connectivity index (χ0n) is 11.8. The number of halogens is 2. The van der Waals surface area contributed by atoms with Gasteiger partial charge in [0.1, 0.15) is 6.10 Å². The van der Waals surface area contributed by atoms with E-state index in [-0.39, 0.29) is 30.2 Å². The second-order valence-electron chi connectivity index (χ2n) is 4.37. The highest BCUT2D eigenvalue weighted by molar-refractivity contribution is 5.85. The molecule has 0 saturated carbocycles. The van der Waals surface area contributed by atoms with Crippen LogP contribution in [-0.2, 0) is 4.79 Å². The molecule has 0 aliphatic rings. The second kappa shape index (κ2) is 10.5. The number of hydrogen-bond donors (Lipinski definition) is 2. The number of amides is 1. The molecular weight excluding hydrogens is 283 g/mol. The van der Waals surface area contributed by atoms with Crippen molar-refractivity contribution in [3.05, 3.63) is 30.1 Å². The van der Waals surface area contributed by atoms with Crippen molar-refractivity contribution in [1.29, 1.82) is 0 Å². The first-order valence-electron chi connectivity index (χ1n) is 6.46. The van der Waals surface area contributed by atoms with E-state index in [1.807, 2.05) is 7.05 Å². The molecule has 1 aromatic carbocycles. The molecule has 0 bridgehead atoms. The first kappa shape index (κ1) is 18.7. The molecule has 0 aliphatic carbocycles. The molecule has 20 heavy (non-hydrogen) atoms. The summed E-state index contributed by atoms with van der Waals surface area (Å²) in [4.78, 5) is 11.5. The fourth-order valence-electron chi connectivity index (χ4n) is 1.57. The van der Waals surface area contributed by atoms with Crippen LogP contribution in [0.4, 0.5) is 4.39 Å². The van der Waals surface area contributed by atoms with Crippen LogP contribution in [0.1, 0.15) is 19.8 Å². The molecule has 6 heteroatoms. The summed E-state index contributed by atoms with van der Waals surface area (Å²) in [5.74, 6) is -0.201. The Kier molecular flexibility index (Phi) is 9.76. The van der Waals surface area contributed by atoms with Gasteiger partial charge in [-0.2, -0.15) is 0 Å². The number of carbonyl (C=O) groups is 1. The summed E-state index contributed by atoms with van der Waals surface area (Å²) >= 11 is 0. The van der Waals surface area contributed by atoms with Crippen LogP contribution in [0.3, 0.4) is 0 Å². The molecule has 0 radical (unpaired) electrons. The average Bonchev–Trinajstić information content (AvgIpc) is 2.39. The van der Waals surface area contributed by atoms with Crippen molar-refractivity contribution in [1.82, 2.24) is 10.6 Å². The highest BCUT2D eigenvalue weighted by atomic mass is 35.5. The first-order valence-corrected chi connectivity index (χ1v) is 6.46. The van der Waals surface area contributed by atoms with Gasteiger partial charge in [-0.25, -0.2) is 4.39 Å². The third-order valence-electron chi connectivity index (χ3n) is 2.58. The van der Waals surface area contributed by atoms with Crippen LogP contribution < -0.4 is 15.4 Å². The molecule has 1 rings (SSSR count). The molecule has 0 heterocycles. The Morgan fingerprint density at radius 3 is 2.75 bits per heavy atom. The molecule has 1 atom stereocenters. The van der Waals surface area contributed by atoms with Gasteiger partial charge < -0.3 is 15.4 Å². The van der Waals surface area contributed by atoms with E-state index >= 15 is 0 Å². The molecule has 0 fully saturated rings. The third-order valence-corrected chi connectivity index (χ3v) is 2.58. The minimum absolute atomic E-state index is 0. The van der Waals surface area contributed by atoms with E-state index in [9.17, 15) is 9.18 Å². The molecule has 1 amide bonds. The molecule has 0 saturated heterocycles. The molecule has 114 valence electrons. The van der Waals surface area contributed by atoms with Gasteiger partial charge in [-0.1, -0.05) is 12.1 Å². The van der Waals surface area contributed by atoms with Gasteiger partial charge in [0.15, 0.2) is 11.6 Å². The van der Waals surface area contributed by atoms with E-state index in [0.29, 0.717) is 13.0 Å². The van der Waals surface area contributed by atoms with Crippen LogP contribution in [0, 0.1) is 5.82 Å². The summed E-state index contributed by atoms with van der Waals surface area (Å²) in [6.45, 7) is 2.97. The van der Waals surface area contributed by atoms with Crippen molar-refractivity contribution in [2.45, 2.75) is 25.9 Å². The Bertz CT molecular complexity index is 405. The van der Waals surface area contributed by atoms with E-state index in [2.05, 4.69) is 10.6 Å². The molecule has 1 unspecified atom stereocenters. The average molecular weight is 305 g/mol. The highest BCUT2D eigenvalue weighted by Crippen LogP contribution is 2.16. The topological polar surface area (TPSA) is 50.4 Å². The van der Waals surface area contributed by atoms with Crippen molar-refractivity contribution in [2.75, 3.05) is 20.1 Å². The highest BCUT2D eigenvalue weighted by Gasteiger charge is 2.09. The lowest BCUT2D eigenvalue weighted by molar-refractivity contribution is -0.121. The van der Waals surface area contributed by atoms with Crippen molar-refractivity contribution in [3.8, 4) is 5.75 Å². The predicted octanol–water partition coefficient (Wildman–Crippen LogP) is 2.13. The summed E-state index contributed by atoms with van der Waals surface area (Å²) in [5.41, 5.74) is 0. The number of ether oxygens (including phenoxy) is 1. The van der Waals surface area contributed by atoms with Gasteiger partial charge in [0.25, 0.3) is 0 Å². The van der Waals surface area contributed by atoms with Gasteiger partial charge in [0, 0.05) is 6.42 Å². The number of benzene rings is 1. The minimum atomic E-state index is -0.394. The number of nitrogens with one attached hydrogen (secondary N) is 2. The molecule has 4 nitrogen and oxygen atoms in total. The Morgan fingerprint density at radius 1 is 1.40 bits per heavy atom. The summed E-state index contributed by atoms with van der Waals surface area (Å²) in [7, 11) is 1.85. The fourth-order valence-corrected chi connectivity index (χ4v) is 1.57. The van der Waals surface area contributed by atoms with Crippen LogP contribution in [-0.4, -0.2) is 32.1 Å². The van der Waals surface area contributed by atoms with Crippen LogP contribution >= 0.6 is 12.4 Å². The lowest BCUT2D eigenvalue weighted by Crippen LogP contribution is -2.33. The number of hydrogen-bond acceptors (Lipinski definition) is 3. The van der Waals surface area contributed by atoms with Gasteiger partial charge in [-0.3, -0.25) is 4.79 Å². The van der Waals surface area contributed by atoms with Crippen LogP contribution in [0.25, 0.3) is 0 Å². The quantitative estimate of drug-likeness (QED) is 0.723. The Hall–Kier alpha value is -1.33. The van der Waals surface area contributed by atoms with Crippen molar-refractivity contribution < 1.29 is 13.9 Å². The van der Waals surface area contributed by atoms with Gasteiger partial charge in [-0.05, 0) is 39.1 Å².